The van der Waals surface area contributed by atoms with Crippen molar-refractivity contribution < 1.29 is 0 Å². The molecule has 0 aromatic heterocycles. The smallest absolute Gasteiger partial charge is 0.00772 e. The maximum Gasteiger partial charge on any atom is 0.00772 e. The normalized spacial score (nSPS) is 38.4. The summed E-state index contributed by atoms with van der Waals surface area (Å²) in [4.78, 5) is 0. The molecule has 0 spiro atoms. The largest absolute Gasteiger partial charge is 0.311 e. The van der Waals surface area contributed by atoms with E-state index in [9.17, 15) is 0 Å². The number of nitrogens with one attached hydrogen (secondary N) is 1. The number of fused-ring (bicyclic) bond motifs is 4. The molecule has 1 heteroatoms. The zero-order valence-corrected chi connectivity index (χ0v) is 9.97. The first-order valence-electron chi connectivity index (χ1n) is 6.29. The zero-order valence-electron chi connectivity index (χ0n) is 9.97. The van der Waals surface area contributed by atoms with Gasteiger partial charge in [0.1, 0.15) is 0 Å². The van der Waals surface area contributed by atoms with Crippen LogP contribution in [0.3, 0.4) is 0 Å². The summed E-state index contributed by atoms with van der Waals surface area (Å²) >= 11 is 0. The number of hydrogen-bond acceptors (Lipinski definition) is 1. The molecule has 3 rings (SSSR count). The van der Waals surface area contributed by atoms with Crippen molar-refractivity contribution in [2.24, 2.45) is 11.3 Å². The topological polar surface area (TPSA) is 12.0 Å². The molecule has 2 aliphatic heterocycles. The van der Waals surface area contributed by atoms with Crippen LogP contribution < -0.4 is 5.32 Å². The van der Waals surface area contributed by atoms with Crippen LogP contribution in [0.15, 0.2) is 0 Å². The Morgan fingerprint density at radius 3 is 2.29 bits per heavy atom. The Balaban J connectivity index is 1.94. The fraction of sp³-hybridized carbons (Fsp3) is 1.00. The van der Waals surface area contributed by atoms with E-state index >= 15 is 0 Å². The van der Waals surface area contributed by atoms with Gasteiger partial charge in [-0.3, -0.25) is 0 Å². The average molecular weight is 195 g/mol. The van der Waals surface area contributed by atoms with Gasteiger partial charge in [-0.2, -0.15) is 0 Å². The lowest BCUT2D eigenvalue weighted by Crippen LogP contribution is -2.37. The molecule has 3 aliphatic rings. The first-order valence-corrected chi connectivity index (χ1v) is 6.29. The van der Waals surface area contributed by atoms with E-state index in [2.05, 4.69) is 26.1 Å². The molecule has 1 nitrogen and oxygen atoms in total. The summed E-state index contributed by atoms with van der Waals surface area (Å²) in [5.41, 5.74) is 0.488. The van der Waals surface area contributed by atoms with Gasteiger partial charge in [-0.15, -0.1) is 0 Å². The Morgan fingerprint density at radius 2 is 1.71 bits per heavy atom. The van der Waals surface area contributed by atoms with Crippen LogP contribution >= 0.6 is 0 Å². The van der Waals surface area contributed by atoms with Crippen molar-refractivity contribution in [2.75, 3.05) is 0 Å². The van der Waals surface area contributed by atoms with Gasteiger partial charge in [0, 0.05) is 12.1 Å². The van der Waals surface area contributed by atoms with Crippen LogP contribution in [0.25, 0.3) is 0 Å². The van der Waals surface area contributed by atoms with Gasteiger partial charge in [0.05, 0.1) is 0 Å². The minimum absolute atomic E-state index is 0.488. The highest BCUT2D eigenvalue weighted by molar-refractivity contribution is 4.89. The monoisotopic (exact) mass is 195 g/mol. The standard InChI is InChI=1S/C13H25N/c1-13(2,3)9-12-8-10-4-6-11(14-12)7-5-10/h10-12,14H,4-9H2,1-3H3. The molecule has 1 atom stereocenters. The lowest BCUT2D eigenvalue weighted by molar-refractivity contribution is 0.290. The molecule has 1 saturated carbocycles. The molecule has 1 N–H and O–H groups in total. The Bertz CT molecular complexity index is 170. The van der Waals surface area contributed by atoms with E-state index in [-0.39, 0.29) is 0 Å². The van der Waals surface area contributed by atoms with E-state index in [0.29, 0.717) is 5.41 Å². The van der Waals surface area contributed by atoms with Gasteiger partial charge in [-0.05, 0) is 49.9 Å². The Hall–Kier alpha value is -0.0400. The summed E-state index contributed by atoms with van der Waals surface area (Å²) in [5.74, 6) is 1.04. The predicted octanol–water partition coefficient (Wildman–Crippen LogP) is 3.34. The third kappa shape index (κ3) is 2.73. The maximum absolute atomic E-state index is 3.86. The lowest BCUT2D eigenvalue weighted by atomic mass is 9.82. The van der Waals surface area contributed by atoms with Crippen molar-refractivity contribution >= 4 is 0 Å². The molecule has 2 heterocycles. The first kappa shape index (κ1) is 10.5. The molecule has 0 amide bonds. The van der Waals surface area contributed by atoms with Gasteiger partial charge in [0.2, 0.25) is 0 Å². The molecule has 1 unspecified atom stereocenters. The molecule has 2 saturated heterocycles. The van der Waals surface area contributed by atoms with Gasteiger partial charge in [0.15, 0.2) is 0 Å². The van der Waals surface area contributed by atoms with E-state index in [4.69, 9.17) is 0 Å². The molecular formula is C13H25N. The van der Waals surface area contributed by atoms with Crippen molar-refractivity contribution in [1.29, 1.82) is 0 Å². The third-order valence-electron chi connectivity index (χ3n) is 3.79. The fourth-order valence-corrected chi connectivity index (χ4v) is 3.25. The van der Waals surface area contributed by atoms with Crippen LogP contribution in [-0.4, -0.2) is 12.1 Å². The summed E-state index contributed by atoms with van der Waals surface area (Å²) in [5, 5.41) is 3.86. The van der Waals surface area contributed by atoms with Gasteiger partial charge < -0.3 is 5.32 Å². The fourth-order valence-electron chi connectivity index (χ4n) is 3.25. The molecular weight excluding hydrogens is 170 g/mol. The van der Waals surface area contributed by atoms with Crippen LogP contribution in [-0.2, 0) is 0 Å². The summed E-state index contributed by atoms with van der Waals surface area (Å²) in [6, 6.07) is 1.65. The van der Waals surface area contributed by atoms with Crippen LogP contribution in [0.2, 0.25) is 0 Å². The van der Waals surface area contributed by atoms with Crippen LogP contribution in [0, 0.1) is 11.3 Å². The van der Waals surface area contributed by atoms with Crippen molar-refractivity contribution in [1.82, 2.24) is 5.32 Å². The quantitative estimate of drug-likeness (QED) is 0.676. The van der Waals surface area contributed by atoms with Crippen LogP contribution in [0.1, 0.15) is 59.3 Å². The molecule has 1 aliphatic carbocycles. The maximum atomic E-state index is 3.86. The second-order valence-electron chi connectivity index (χ2n) is 6.58. The minimum Gasteiger partial charge on any atom is -0.311 e. The van der Waals surface area contributed by atoms with Crippen molar-refractivity contribution in [2.45, 2.75) is 71.4 Å². The van der Waals surface area contributed by atoms with E-state index in [0.717, 1.165) is 18.0 Å². The SMILES string of the molecule is CC(C)(C)CC1CC2CCC(CC2)N1. The Morgan fingerprint density at radius 1 is 1.07 bits per heavy atom. The van der Waals surface area contributed by atoms with E-state index in [1.165, 1.54) is 38.5 Å². The average Bonchev–Trinajstić information content (AvgIpc) is 2.31. The predicted molar refractivity (Wildman–Crippen MR) is 61.4 cm³/mol. The number of rotatable bonds is 1. The molecule has 2 bridgehead atoms. The second-order valence-corrected chi connectivity index (χ2v) is 6.58. The molecule has 0 aromatic rings. The zero-order chi connectivity index (χ0) is 10.2. The van der Waals surface area contributed by atoms with E-state index < -0.39 is 0 Å². The van der Waals surface area contributed by atoms with Gasteiger partial charge >= 0.3 is 0 Å². The summed E-state index contributed by atoms with van der Waals surface area (Å²) < 4.78 is 0. The highest BCUT2D eigenvalue weighted by Gasteiger charge is 2.31. The van der Waals surface area contributed by atoms with Crippen LogP contribution in [0.5, 0.6) is 0 Å². The molecule has 14 heavy (non-hydrogen) atoms. The van der Waals surface area contributed by atoms with Gasteiger partial charge in [-0.1, -0.05) is 20.8 Å². The van der Waals surface area contributed by atoms with Gasteiger partial charge in [0.25, 0.3) is 0 Å². The number of hydrogen-bond donors (Lipinski definition) is 1. The second kappa shape index (κ2) is 3.84. The highest BCUT2D eigenvalue weighted by Crippen LogP contribution is 2.35. The summed E-state index contributed by atoms with van der Waals surface area (Å²) in [6.45, 7) is 7.09. The summed E-state index contributed by atoms with van der Waals surface area (Å²) in [7, 11) is 0. The Labute approximate surface area is 88.7 Å². The van der Waals surface area contributed by atoms with Crippen LogP contribution in [0.4, 0.5) is 0 Å². The van der Waals surface area contributed by atoms with Crippen molar-refractivity contribution in [3.05, 3.63) is 0 Å². The molecule has 82 valence electrons. The molecule has 3 fully saturated rings. The Kier molecular flexibility index (Phi) is 2.88. The summed E-state index contributed by atoms with van der Waals surface area (Å²) in [6.07, 6.45) is 8.63. The lowest BCUT2D eigenvalue weighted by Gasteiger charge is -2.27. The minimum atomic E-state index is 0.488. The van der Waals surface area contributed by atoms with Gasteiger partial charge in [-0.25, -0.2) is 0 Å². The van der Waals surface area contributed by atoms with E-state index in [1.54, 1.807) is 0 Å². The van der Waals surface area contributed by atoms with E-state index in [1.807, 2.05) is 0 Å². The molecule has 0 aromatic carbocycles. The highest BCUT2D eigenvalue weighted by atomic mass is 15.0. The molecule has 0 radical (unpaired) electrons. The third-order valence-corrected chi connectivity index (χ3v) is 3.79. The van der Waals surface area contributed by atoms with Crippen molar-refractivity contribution in [3.63, 3.8) is 0 Å². The van der Waals surface area contributed by atoms with Crippen molar-refractivity contribution in [3.8, 4) is 0 Å². The first-order chi connectivity index (χ1) is 6.53.